The van der Waals surface area contributed by atoms with Crippen LogP contribution in [0, 0.1) is 6.92 Å². The minimum Gasteiger partial charge on any atom is -0.352 e. The minimum atomic E-state index is -0.116. The quantitative estimate of drug-likeness (QED) is 0.665. The molecule has 1 aliphatic heterocycles. The number of hydrogen-bond donors (Lipinski definition) is 1. The van der Waals surface area contributed by atoms with Gasteiger partial charge in [-0.05, 0) is 47.7 Å². The van der Waals surface area contributed by atoms with Crippen molar-refractivity contribution in [1.82, 2.24) is 15.2 Å². The van der Waals surface area contributed by atoms with E-state index in [0.717, 1.165) is 17.5 Å². The molecule has 0 saturated carbocycles. The number of carbonyl (C=O) groups excluding carboxylic acids is 2. The van der Waals surface area contributed by atoms with Crippen LogP contribution in [-0.4, -0.2) is 28.2 Å². The average Bonchev–Trinajstić information content (AvgIpc) is 2.81. The van der Waals surface area contributed by atoms with E-state index in [1.165, 1.54) is 16.7 Å². The van der Waals surface area contributed by atoms with Crippen molar-refractivity contribution in [2.24, 2.45) is 0 Å². The van der Waals surface area contributed by atoms with Gasteiger partial charge in [0, 0.05) is 38.3 Å². The maximum Gasteiger partial charge on any atom is 0.223 e. The van der Waals surface area contributed by atoms with E-state index < -0.39 is 0 Å². The SMILES string of the molecule is Cc1ccc2c(c1)C(c1ccccc1)N(C(=O)CCC(=O)NCc1ccncc1)CC2. The first-order valence-electron chi connectivity index (χ1n) is 10.7. The molecular weight excluding hydrogens is 386 g/mol. The summed E-state index contributed by atoms with van der Waals surface area (Å²) in [5.41, 5.74) is 5.75. The Morgan fingerprint density at radius 1 is 1.03 bits per heavy atom. The molecule has 0 saturated heterocycles. The van der Waals surface area contributed by atoms with Gasteiger partial charge in [0.15, 0.2) is 0 Å². The molecule has 3 aromatic rings. The summed E-state index contributed by atoms with van der Waals surface area (Å²) in [6.45, 7) is 3.18. The molecule has 4 rings (SSSR count). The molecule has 1 atom stereocenters. The molecule has 1 unspecified atom stereocenters. The number of nitrogens with zero attached hydrogens (tertiary/aromatic N) is 2. The summed E-state index contributed by atoms with van der Waals surface area (Å²) in [6.07, 6.45) is 4.61. The van der Waals surface area contributed by atoms with E-state index in [1.54, 1.807) is 12.4 Å². The topological polar surface area (TPSA) is 62.3 Å². The van der Waals surface area contributed by atoms with Gasteiger partial charge in [-0.15, -0.1) is 0 Å². The van der Waals surface area contributed by atoms with Crippen LogP contribution in [0.3, 0.4) is 0 Å². The molecule has 1 aromatic heterocycles. The van der Waals surface area contributed by atoms with E-state index in [1.807, 2.05) is 35.2 Å². The van der Waals surface area contributed by atoms with Crippen LogP contribution in [0.25, 0.3) is 0 Å². The predicted molar refractivity (Wildman–Crippen MR) is 120 cm³/mol. The molecule has 5 heteroatoms. The summed E-state index contributed by atoms with van der Waals surface area (Å²) in [6, 6.07) is 20.3. The van der Waals surface area contributed by atoms with E-state index in [4.69, 9.17) is 0 Å². The number of fused-ring (bicyclic) bond motifs is 1. The Kier molecular flexibility index (Phi) is 6.41. The molecule has 0 spiro atoms. The minimum absolute atomic E-state index is 0.0140. The highest BCUT2D eigenvalue weighted by Gasteiger charge is 2.31. The number of hydrogen-bond acceptors (Lipinski definition) is 3. The lowest BCUT2D eigenvalue weighted by Gasteiger charge is -2.38. The highest BCUT2D eigenvalue weighted by molar-refractivity contribution is 5.84. The van der Waals surface area contributed by atoms with Crippen LogP contribution in [0.15, 0.2) is 73.1 Å². The third-order valence-corrected chi connectivity index (χ3v) is 5.77. The molecule has 1 N–H and O–H groups in total. The van der Waals surface area contributed by atoms with Crippen molar-refractivity contribution in [3.05, 3.63) is 101 Å². The van der Waals surface area contributed by atoms with Gasteiger partial charge in [-0.3, -0.25) is 14.6 Å². The van der Waals surface area contributed by atoms with Gasteiger partial charge in [0.25, 0.3) is 0 Å². The summed E-state index contributed by atoms with van der Waals surface area (Å²) in [4.78, 5) is 31.4. The number of carbonyl (C=O) groups is 2. The van der Waals surface area contributed by atoms with Gasteiger partial charge >= 0.3 is 0 Å². The molecule has 158 valence electrons. The molecule has 0 fully saturated rings. The lowest BCUT2D eigenvalue weighted by atomic mass is 9.87. The third-order valence-electron chi connectivity index (χ3n) is 5.77. The Balaban J connectivity index is 1.45. The van der Waals surface area contributed by atoms with Crippen LogP contribution >= 0.6 is 0 Å². The normalized spacial score (nSPS) is 15.3. The van der Waals surface area contributed by atoms with Crippen molar-refractivity contribution >= 4 is 11.8 Å². The molecule has 2 aromatic carbocycles. The molecule has 0 aliphatic carbocycles. The summed E-state index contributed by atoms with van der Waals surface area (Å²) >= 11 is 0. The molecule has 5 nitrogen and oxygen atoms in total. The van der Waals surface area contributed by atoms with Gasteiger partial charge < -0.3 is 10.2 Å². The summed E-state index contributed by atoms with van der Waals surface area (Å²) in [5, 5.41) is 2.89. The second-order valence-electron chi connectivity index (χ2n) is 7.98. The van der Waals surface area contributed by atoms with E-state index in [0.29, 0.717) is 13.1 Å². The molecule has 31 heavy (non-hydrogen) atoms. The summed E-state index contributed by atoms with van der Waals surface area (Å²) in [5.74, 6) is -0.102. The number of benzene rings is 2. The standard InChI is InChI=1S/C26H27N3O2/c1-19-7-8-21-13-16-29(26(23(21)17-19)22-5-3-2-4-6-22)25(31)10-9-24(30)28-18-20-11-14-27-15-12-20/h2-8,11-12,14-15,17,26H,9-10,13,16,18H2,1H3,(H,28,30). The van der Waals surface area contributed by atoms with Gasteiger partial charge in [0.1, 0.15) is 0 Å². The van der Waals surface area contributed by atoms with E-state index >= 15 is 0 Å². The van der Waals surface area contributed by atoms with Crippen LogP contribution in [0.2, 0.25) is 0 Å². The Bertz CT molecular complexity index is 1050. The maximum atomic E-state index is 13.2. The Morgan fingerprint density at radius 2 is 1.81 bits per heavy atom. The van der Waals surface area contributed by atoms with Gasteiger partial charge in [-0.2, -0.15) is 0 Å². The lowest BCUT2D eigenvalue weighted by molar-refractivity contribution is -0.135. The Labute approximate surface area is 183 Å². The van der Waals surface area contributed by atoms with Gasteiger partial charge in [-0.1, -0.05) is 54.1 Å². The molecule has 2 heterocycles. The predicted octanol–water partition coefficient (Wildman–Crippen LogP) is 3.96. The zero-order valence-corrected chi connectivity index (χ0v) is 17.8. The van der Waals surface area contributed by atoms with Crippen LogP contribution in [0.4, 0.5) is 0 Å². The fraction of sp³-hybridized carbons (Fsp3) is 0.269. The molecule has 1 aliphatic rings. The largest absolute Gasteiger partial charge is 0.352 e. The number of nitrogens with one attached hydrogen (secondary N) is 1. The van der Waals surface area contributed by atoms with Crippen LogP contribution in [0.1, 0.15) is 46.7 Å². The summed E-state index contributed by atoms with van der Waals surface area (Å²) < 4.78 is 0. The first kappa shape index (κ1) is 20.8. The molecule has 0 bridgehead atoms. The van der Waals surface area contributed by atoms with Crippen molar-refractivity contribution in [3.8, 4) is 0 Å². The van der Waals surface area contributed by atoms with Gasteiger partial charge in [-0.25, -0.2) is 0 Å². The number of pyridine rings is 1. The first-order chi connectivity index (χ1) is 15.1. The zero-order valence-electron chi connectivity index (χ0n) is 17.8. The number of aryl methyl sites for hydroxylation is 1. The molecule has 0 radical (unpaired) electrons. The highest BCUT2D eigenvalue weighted by Crippen LogP contribution is 2.36. The van der Waals surface area contributed by atoms with Crippen LogP contribution in [0.5, 0.6) is 0 Å². The second kappa shape index (κ2) is 9.56. The fourth-order valence-electron chi connectivity index (χ4n) is 4.15. The third kappa shape index (κ3) is 5.00. The van der Waals surface area contributed by atoms with Crippen LogP contribution < -0.4 is 5.32 Å². The average molecular weight is 414 g/mol. The van der Waals surface area contributed by atoms with Crippen molar-refractivity contribution in [3.63, 3.8) is 0 Å². The monoisotopic (exact) mass is 413 g/mol. The Morgan fingerprint density at radius 3 is 2.58 bits per heavy atom. The van der Waals surface area contributed by atoms with Crippen molar-refractivity contribution in [2.45, 2.75) is 38.8 Å². The molecule has 2 amide bonds. The van der Waals surface area contributed by atoms with Crippen LogP contribution in [-0.2, 0) is 22.6 Å². The zero-order chi connectivity index (χ0) is 21.6. The van der Waals surface area contributed by atoms with Crippen molar-refractivity contribution in [1.29, 1.82) is 0 Å². The molecular formula is C26H27N3O2. The smallest absolute Gasteiger partial charge is 0.223 e. The highest BCUT2D eigenvalue weighted by atomic mass is 16.2. The summed E-state index contributed by atoms with van der Waals surface area (Å²) in [7, 11) is 0. The van der Waals surface area contributed by atoms with E-state index in [-0.39, 0.29) is 30.7 Å². The van der Waals surface area contributed by atoms with Gasteiger partial charge in [0.05, 0.1) is 6.04 Å². The number of aromatic nitrogens is 1. The van der Waals surface area contributed by atoms with Gasteiger partial charge in [0.2, 0.25) is 11.8 Å². The van der Waals surface area contributed by atoms with E-state index in [9.17, 15) is 9.59 Å². The first-order valence-corrected chi connectivity index (χ1v) is 10.7. The number of rotatable bonds is 6. The van der Waals surface area contributed by atoms with Crippen molar-refractivity contribution < 1.29 is 9.59 Å². The van der Waals surface area contributed by atoms with Crippen molar-refractivity contribution in [2.75, 3.05) is 6.54 Å². The Hall–Kier alpha value is -3.47. The van der Waals surface area contributed by atoms with E-state index in [2.05, 4.69) is 47.6 Å². The maximum absolute atomic E-state index is 13.2. The fourth-order valence-corrected chi connectivity index (χ4v) is 4.15. The number of amides is 2. The lowest BCUT2D eigenvalue weighted by Crippen LogP contribution is -2.41. The second-order valence-corrected chi connectivity index (χ2v) is 7.98.